The fourth-order valence-corrected chi connectivity index (χ4v) is 5.52. The van der Waals surface area contributed by atoms with Crippen LogP contribution in [0.5, 0.6) is 0 Å². The van der Waals surface area contributed by atoms with Crippen molar-refractivity contribution in [3.63, 3.8) is 0 Å². The zero-order chi connectivity index (χ0) is 23.8. The summed E-state index contributed by atoms with van der Waals surface area (Å²) in [7, 11) is 0. The number of benzene rings is 2. The molecule has 5 rings (SSSR count). The predicted molar refractivity (Wildman–Crippen MR) is 131 cm³/mol. The number of thiophene rings is 1. The fraction of sp³-hybridized carbons (Fsp3) is 0.240. The maximum Gasteiger partial charge on any atom is 0.264 e. The molecule has 0 aliphatic carbocycles. The summed E-state index contributed by atoms with van der Waals surface area (Å²) in [5, 5.41) is 9.19. The van der Waals surface area contributed by atoms with E-state index in [1.165, 1.54) is 35.6 Å². The Morgan fingerprint density at radius 2 is 1.85 bits per heavy atom. The number of halogens is 2. The third kappa shape index (κ3) is 4.43. The van der Waals surface area contributed by atoms with Crippen molar-refractivity contribution in [3.8, 4) is 5.69 Å². The number of hydrogen-bond acceptors (Lipinski definition) is 4. The van der Waals surface area contributed by atoms with E-state index in [0.717, 1.165) is 21.6 Å². The third-order valence-electron chi connectivity index (χ3n) is 6.03. The second kappa shape index (κ2) is 9.19. The Labute approximate surface area is 204 Å². The molecule has 0 spiro atoms. The number of rotatable bonds is 4. The number of carbonyl (C=O) groups is 2. The average Bonchev–Trinajstić information content (AvgIpc) is 3.40. The standard InChI is InChI=1S/C25H22ClFN4O2S/c1-15-21-14-22(34-25(21)31(29-15)20-4-2-3-17(26)13-20)24(33)30-11-9-19(10-12-30)28-23(32)16-5-7-18(27)8-6-16/h2-8,13-14,19H,9-12H2,1H3,(H,28,32). The molecule has 9 heteroatoms. The maximum atomic E-state index is 13.2. The Morgan fingerprint density at radius 1 is 1.12 bits per heavy atom. The SMILES string of the molecule is Cc1nn(-c2cccc(Cl)c2)c2sc(C(=O)N3CCC(NC(=O)c4ccc(F)cc4)CC3)cc12. The van der Waals surface area contributed by atoms with Crippen LogP contribution in [-0.2, 0) is 0 Å². The van der Waals surface area contributed by atoms with Crippen LogP contribution in [0.1, 0.15) is 38.6 Å². The summed E-state index contributed by atoms with van der Waals surface area (Å²) in [6, 6.07) is 14.8. The van der Waals surface area contributed by atoms with Crippen molar-refractivity contribution in [2.45, 2.75) is 25.8 Å². The van der Waals surface area contributed by atoms with Crippen molar-refractivity contribution >= 4 is 45.0 Å². The molecule has 1 fully saturated rings. The molecule has 3 heterocycles. The molecule has 4 aromatic rings. The number of piperidine rings is 1. The third-order valence-corrected chi connectivity index (χ3v) is 7.37. The van der Waals surface area contributed by atoms with E-state index in [4.69, 9.17) is 11.6 Å². The van der Waals surface area contributed by atoms with Gasteiger partial charge < -0.3 is 10.2 Å². The van der Waals surface area contributed by atoms with Crippen LogP contribution in [0.25, 0.3) is 15.9 Å². The minimum absolute atomic E-state index is 0.0124. The summed E-state index contributed by atoms with van der Waals surface area (Å²) in [5.74, 6) is -0.614. The van der Waals surface area contributed by atoms with Crippen LogP contribution in [0.4, 0.5) is 4.39 Å². The number of nitrogens with zero attached hydrogens (tertiary/aromatic N) is 3. The summed E-state index contributed by atoms with van der Waals surface area (Å²) in [5.41, 5.74) is 2.13. The predicted octanol–water partition coefficient (Wildman–Crippen LogP) is 5.22. The van der Waals surface area contributed by atoms with Crippen LogP contribution in [0.2, 0.25) is 5.02 Å². The van der Waals surface area contributed by atoms with Gasteiger partial charge in [-0.25, -0.2) is 9.07 Å². The molecule has 34 heavy (non-hydrogen) atoms. The van der Waals surface area contributed by atoms with Gasteiger partial charge in [0.1, 0.15) is 10.6 Å². The number of hydrogen-bond donors (Lipinski definition) is 1. The van der Waals surface area contributed by atoms with Crippen molar-refractivity contribution < 1.29 is 14.0 Å². The first-order valence-electron chi connectivity index (χ1n) is 11.0. The quantitative estimate of drug-likeness (QED) is 0.421. The van der Waals surface area contributed by atoms with Crippen LogP contribution in [0.3, 0.4) is 0 Å². The molecule has 2 aromatic carbocycles. The molecule has 174 valence electrons. The number of amides is 2. The topological polar surface area (TPSA) is 67.2 Å². The first kappa shape index (κ1) is 22.6. The van der Waals surface area contributed by atoms with E-state index in [0.29, 0.717) is 41.4 Å². The van der Waals surface area contributed by atoms with Gasteiger partial charge in [0, 0.05) is 35.1 Å². The zero-order valence-corrected chi connectivity index (χ0v) is 20.0. The van der Waals surface area contributed by atoms with Gasteiger partial charge >= 0.3 is 0 Å². The van der Waals surface area contributed by atoms with Crippen molar-refractivity contribution in [2.75, 3.05) is 13.1 Å². The number of aryl methyl sites for hydroxylation is 1. The van der Waals surface area contributed by atoms with Crippen LogP contribution < -0.4 is 5.32 Å². The van der Waals surface area contributed by atoms with Gasteiger partial charge in [0.2, 0.25) is 0 Å². The Bertz CT molecular complexity index is 1370. The lowest BCUT2D eigenvalue weighted by Gasteiger charge is -2.32. The summed E-state index contributed by atoms with van der Waals surface area (Å²) >= 11 is 7.58. The van der Waals surface area contributed by atoms with Gasteiger partial charge in [-0.15, -0.1) is 11.3 Å². The molecule has 1 saturated heterocycles. The molecule has 1 aliphatic heterocycles. The monoisotopic (exact) mass is 496 g/mol. The summed E-state index contributed by atoms with van der Waals surface area (Å²) in [6.07, 6.45) is 1.33. The van der Waals surface area contributed by atoms with E-state index >= 15 is 0 Å². The van der Waals surface area contributed by atoms with Crippen LogP contribution in [0, 0.1) is 12.7 Å². The maximum absolute atomic E-state index is 13.2. The first-order chi connectivity index (χ1) is 16.4. The number of carbonyl (C=O) groups excluding carboxylic acids is 2. The highest BCUT2D eigenvalue weighted by molar-refractivity contribution is 7.20. The van der Waals surface area contributed by atoms with E-state index in [9.17, 15) is 14.0 Å². The molecule has 1 aliphatic rings. The molecular formula is C25H22ClFN4O2S. The number of likely N-dealkylation sites (tertiary alicyclic amines) is 1. The molecule has 0 atom stereocenters. The molecule has 6 nitrogen and oxygen atoms in total. The van der Waals surface area contributed by atoms with E-state index in [-0.39, 0.29) is 23.7 Å². The van der Waals surface area contributed by atoms with Crippen molar-refractivity contribution in [1.82, 2.24) is 20.0 Å². The highest BCUT2D eigenvalue weighted by Gasteiger charge is 2.27. The van der Waals surface area contributed by atoms with Gasteiger partial charge in [0.05, 0.1) is 16.3 Å². The number of fused-ring (bicyclic) bond motifs is 1. The highest BCUT2D eigenvalue weighted by Crippen LogP contribution is 2.32. The molecule has 2 amide bonds. The Kier molecular flexibility index (Phi) is 6.10. The van der Waals surface area contributed by atoms with Crippen molar-refractivity contribution in [3.05, 3.63) is 81.6 Å². The van der Waals surface area contributed by atoms with Gasteiger partial charge in [-0.3, -0.25) is 9.59 Å². The molecule has 2 aromatic heterocycles. The van der Waals surface area contributed by atoms with Crippen LogP contribution in [0.15, 0.2) is 54.6 Å². The lowest BCUT2D eigenvalue weighted by molar-refractivity contribution is 0.0703. The minimum Gasteiger partial charge on any atom is -0.349 e. The second-order valence-corrected chi connectivity index (χ2v) is 9.82. The largest absolute Gasteiger partial charge is 0.349 e. The number of aromatic nitrogens is 2. The minimum atomic E-state index is -0.375. The fourth-order valence-electron chi connectivity index (χ4n) is 4.19. The van der Waals surface area contributed by atoms with Gasteiger partial charge in [0.15, 0.2) is 0 Å². The average molecular weight is 497 g/mol. The molecular weight excluding hydrogens is 475 g/mol. The Morgan fingerprint density at radius 3 is 2.56 bits per heavy atom. The van der Waals surface area contributed by atoms with E-state index in [2.05, 4.69) is 10.4 Å². The lowest BCUT2D eigenvalue weighted by Crippen LogP contribution is -2.46. The van der Waals surface area contributed by atoms with Crippen molar-refractivity contribution in [2.24, 2.45) is 0 Å². The summed E-state index contributed by atoms with van der Waals surface area (Å²) < 4.78 is 14.9. The first-order valence-corrected chi connectivity index (χ1v) is 12.2. The number of nitrogens with one attached hydrogen (secondary N) is 1. The van der Waals surface area contributed by atoms with Gasteiger partial charge in [-0.05, 0) is 68.3 Å². The Hall–Kier alpha value is -3.23. The van der Waals surface area contributed by atoms with Crippen LogP contribution in [-0.4, -0.2) is 45.6 Å². The lowest BCUT2D eigenvalue weighted by atomic mass is 10.0. The summed E-state index contributed by atoms with van der Waals surface area (Å²) in [6.45, 7) is 3.04. The smallest absolute Gasteiger partial charge is 0.264 e. The van der Waals surface area contributed by atoms with E-state index < -0.39 is 0 Å². The van der Waals surface area contributed by atoms with Gasteiger partial charge in [-0.1, -0.05) is 17.7 Å². The molecule has 0 radical (unpaired) electrons. The van der Waals surface area contributed by atoms with E-state index in [1.807, 2.05) is 46.8 Å². The van der Waals surface area contributed by atoms with E-state index in [1.54, 1.807) is 0 Å². The summed E-state index contributed by atoms with van der Waals surface area (Å²) in [4.78, 5) is 29.0. The molecule has 1 N–H and O–H groups in total. The van der Waals surface area contributed by atoms with Crippen molar-refractivity contribution in [1.29, 1.82) is 0 Å². The van der Waals surface area contributed by atoms with Gasteiger partial charge in [0.25, 0.3) is 11.8 Å². The van der Waals surface area contributed by atoms with Gasteiger partial charge in [-0.2, -0.15) is 5.10 Å². The Balaban J connectivity index is 1.26. The normalized spacial score (nSPS) is 14.5. The highest BCUT2D eigenvalue weighted by atomic mass is 35.5. The van der Waals surface area contributed by atoms with Crippen LogP contribution >= 0.6 is 22.9 Å². The zero-order valence-electron chi connectivity index (χ0n) is 18.4. The second-order valence-electron chi connectivity index (χ2n) is 8.35. The molecule has 0 bridgehead atoms. The molecule has 0 saturated carbocycles. The molecule has 0 unspecified atom stereocenters.